The van der Waals surface area contributed by atoms with E-state index >= 15 is 0 Å². The summed E-state index contributed by atoms with van der Waals surface area (Å²) in [7, 11) is 0. The summed E-state index contributed by atoms with van der Waals surface area (Å²) in [5, 5.41) is 3.45. The summed E-state index contributed by atoms with van der Waals surface area (Å²) < 4.78 is 0. The minimum absolute atomic E-state index is 0.176. The van der Waals surface area contributed by atoms with E-state index in [4.69, 9.17) is 0 Å². The molecular formula is C8H15NOS. The molecule has 1 saturated heterocycles. The fourth-order valence-electron chi connectivity index (χ4n) is 1.05. The first-order valence-corrected chi connectivity index (χ1v) is 4.93. The Hall–Kier alpha value is -0.180. The van der Waals surface area contributed by atoms with E-state index in [9.17, 15) is 4.79 Å². The van der Waals surface area contributed by atoms with E-state index < -0.39 is 0 Å². The van der Waals surface area contributed by atoms with Gasteiger partial charge >= 0.3 is 0 Å². The van der Waals surface area contributed by atoms with Crippen LogP contribution in [0.4, 0.5) is 0 Å². The van der Waals surface area contributed by atoms with Crippen molar-refractivity contribution in [1.82, 2.24) is 5.32 Å². The van der Waals surface area contributed by atoms with Crippen molar-refractivity contribution in [3.8, 4) is 0 Å². The maximum absolute atomic E-state index is 10.8. The number of thioether (sulfide) groups is 1. The average molecular weight is 173 g/mol. The third-order valence-electron chi connectivity index (χ3n) is 1.87. The quantitative estimate of drug-likeness (QED) is 0.597. The number of carbonyl (C=O) groups is 1. The minimum atomic E-state index is 0.176. The van der Waals surface area contributed by atoms with Crippen LogP contribution in [0.2, 0.25) is 0 Å². The Labute approximate surface area is 72.1 Å². The summed E-state index contributed by atoms with van der Waals surface area (Å²) in [6.07, 6.45) is 0. The molecule has 3 heteroatoms. The van der Waals surface area contributed by atoms with Gasteiger partial charge in [0.25, 0.3) is 0 Å². The van der Waals surface area contributed by atoms with Crippen molar-refractivity contribution in [2.75, 3.05) is 12.3 Å². The van der Waals surface area contributed by atoms with Crippen LogP contribution in [0.1, 0.15) is 20.8 Å². The van der Waals surface area contributed by atoms with Crippen LogP contribution in [0.25, 0.3) is 0 Å². The van der Waals surface area contributed by atoms with Gasteiger partial charge in [0.05, 0.1) is 5.75 Å². The van der Waals surface area contributed by atoms with E-state index in [2.05, 4.69) is 26.1 Å². The van der Waals surface area contributed by atoms with Gasteiger partial charge in [-0.3, -0.25) is 4.79 Å². The van der Waals surface area contributed by atoms with E-state index in [0.29, 0.717) is 16.4 Å². The van der Waals surface area contributed by atoms with Crippen molar-refractivity contribution >= 4 is 17.7 Å². The van der Waals surface area contributed by atoms with Gasteiger partial charge in [-0.1, -0.05) is 20.8 Å². The standard InChI is InChI=1S/C8H15NOS/c1-8(2,3)6-4-9-7(10)5-11-6/h6H,4-5H2,1-3H3,(H,9,10). The van der Waals surface area contributed by atoms with Crippen molar-refractivity contribution in [2.24, 2.45) is 5.41 Å². The molecular weight excluding hydrogens is 158 g/mol. The maximum atomic E-state index is 10.8. The number of hydrogen-bond donors (Lipinski definition) is 1. The van der Waals surface area contributed by atoms with Crippen LogP contribution < -0.4 is 5.32 Å². The third kappa shape index (κ3) is 2.40. The molecule has 0 spiro atoms. The van der Waals surface area contributed by atoms with E-state index in [-0.39, 0.29) is 5.91 Å². The molecule has 0 aromatic rings. The van der Waals surface area contributed by atoms with Gasteiger partial charge in [0.15, 0.2) is 0 Å². The third-order valence-corrected chi connectivity index (χ3v) is 3.57. The van der Waals surface area contributed by atoms with Gasteiger partial charge in [-0.05, 0) is 5.41 Å². The highest BCUT2D eigenvalue weighted by molar-refractivity contribution is 8.00. The Morgan fingerprint density at radius 3 is 2.55 bits per heavy atom. The molecule has 0 aromatic heterocycles. The second-order valence-electron chi connectivity index (χ2n) is 3.97. The molecule has 0 saturated carbocycles. The number of carbonyl (C=O) groups excluding carboxylic acids is 1. The summed E-state index contributed by atoms with van der Waals surface area (Å²) in [5.41, 5.74) is 0.304. The van der Waals surface area contributed by atoms with E-state index in [1.807, 2.05) is 0 Å². The normalized spacial score (nSPS) is 26.5. The monoisotopic (exact) mass is 173 g/mol. The molecule has 1 aliphatic rings. The first-order chi connectivity index (χ1) is 5.00. The lowest BCUT2D eigenvalue weighted by Crippen LogP contribution is -2.43. The van der Waals surface area contributed by atoms with Crippen molar-refractivity contribution in [1.29, 1.82) is 0 Å². The SMILES string of the molecule is CC(C)(C)C1CNC(=O)CS1. The first-order valence-electron chi connectivity index (χ1n) is 3.88. The fourth-order valence-corrected chi connectivity index (χ4v) is 2.20. The number of rotatable bonds is 0. The van der Waals surface area contributed by atoms with E-state index in [0.717, 1.165) is 6.54 Å². The van der Waals surface area contributed by atoms with Gasteiger partial charge in [0.2, 0.25) is 5.91 Å². The van der Waals surface area contributed by atoms with Crippen LogP contribution in [-0.4, -0.2) is 23.5 Å². The lowest BCUT2D eigenvalue weighted by Gasteiger charge is -2.33. The van der Waals surface area contributed by atoms with Crippen LogP contribution in [0.15, 0.2) is 0 Å². The second kappa shape index (κ2) is 3.05. The van der Waals surface area contributed by atoms with Gasteiger partial charge < -0.3 is 5.32 Å². The zero-order chi connectivity index (χ0) is 8.48. The van der Waals surface area contributed by atoms with Crippen LogP contribution in [-0.2, 0) is 4.79 Å². The van der Waals surface area contributed by atoms with Crippen LogP contribution in [0.5, 0.6) is 0 Å². The van der Waals surface area contributed by atoms with Gasteiger partial charge in [0.1, 0.15) is 0 Å². The van der Waals surface area contributed by atoms with Crippen molar-refractivity contribution in [3.05, 3.63) is 0 Å². The second-order valence-corrected chi connectivity index (χ2v) is 5.16. The molecule has 0 aliphatic carbocycles. The Bertz CT molecular complexity index is 152. The highest BCUT2D eigenvalue weighted by Crippen LogP contribution is 2.31. The fraction of sp³-hybridized carbons (Fsp3) is 0.875. The van der Waals surface area contributed by atoms with Crippen molar-refractivity contribution < 1.29 is 4.79 Å². The summed E-state index contributed by atoms with van der Waals surface area (Å²) >= 11 is 1.77. The minimum Gasteiger partial charge on any atom is -0.354 e. The summed E-state index contributed by atoms with van der Waals surface area (Å²) in [5.74, 6) is 0.803. The zero-order valence-corrected chi connectivity index (χ0v) is 8.12. The predicted octanol–water partition coefficient (Wildman–Crippen LogP) is 1.26. The van der Waals surface area contributed by atoms with Gasteiger partial charge in [-0.15, -0.1) is 11.8 Å². The lowest BCUT2D eigenvalue weighted by molar-refractivity contribution is -0.118. The van der Waals surface area contributed by atoms with Gasteiger partial charge in [-0.2, -0.15) is 0 Å². The molecule has 1 heterocycles. The topological polar surface area (TPSA) is 29.1 Å². The molecule has 1 amide bonds. The predicted molar refractivity (Wildman–Crippen MR) is 48.7 cm³/mol. The zero-order valence-electron chi connectivity index (χ0n) is 7.31. The van der Waals surface area contributed by atoms with Crippen LogP contribution in [0.3, 0.4) is 0 Å². The molecule has 11 heavy (non-hydrogen) atoms. The average Bonchev–Trinajstić information content (AvgIpc) is 1.86. The molecule has 0 radical (unpaired) electrons. The molecule has 1 atom stereocenters. The number of nitrogens with one attached hydrogen (secondary N) is 1. The smallest absolute Gasteiger partial charge is 0.230 e. The van der Waals surface area contributed by atoms with Crippen LogP contribution >= 0.6 is 11.8 Å². The molecule has 1 rings (SSSR count). The Morgan fingerprint density at radius 2 is 2.18 bits per heavy atom. The Balaban J connectivity index is 2.45. The summed E-state index contributed by atoms with van der Waals surface area (Å²) in [6.45, 7) is 7.46. The number of amides is 1. The molecule has 2 nitrogen and oxygen atoms in total. The van der Waals surface area contributed by atoms with E-state index in [1.165, 1.54) is 0 Å². The lowest BCUT2D eigenvalue weighted by atomic mass is 9.91. The molecule has 0 aromatic carbocycles. The highest BCUT2D eigenvalue weighted by atomic mass is 32.2. The van der Waals surface area contributed by atoms with E-state index in [1.54, 1.807) is 11.8 Å². The molecule has 1 aliphatic heterocycles. The Kier molecular flexibility index (Phi) is 2.47. The largest absolute Gasteiger partial charge is 0.354 e. The van der Waals surface area contributed by atoms with Crippen molar-refractivity contribution in [3.63, 3.8) is 0 Å². The maximum Gasteiger partial charge on any atom is 0.230 e. The van der Waals surface area contributed by atoms with Crippen LogP contribution in [0, 0.1) is 5.41 Å². The van der Waals surface area contributed by atoms with Gasteiger partial charge in [-0.25, -0.2) is 0 Å². The Morgan fingerprint density at radius 1 is 1.55 bits per heavy atom. The molecule has 1 unspecified atom stereocenters. The first kappa shape index (κ1) is 8.91. The summed E-state index contributed by atoms with van der Waals surface area (Å²) in [6, 6.07) is 0. The van der Waals surface area contributed by atoms with Gasteiger partial charge in [0, 0.05) is 11.8 Å². The summed E-state index contributed by atoms with van der Waals surface area (Å²) in [4.78, 5) is 10.8. The van der Waals surface area contributed by atoms with Crippen molar-refractivity contribution in [2.45, 2.75) is 26.0 Å². The molecule has 1 N–H and O–H groups in total. The highest BCUT2D eigenvalue weighted by Gasteiger charge is 2.28. The molecule has 0 bridgehead atoms. The number of hydrogen-bond acceptors (Lipinski definition) is 2. The molecule has 1 fully saturated rings. The molecule has 64 valence electrons.